The van der Waals surface area contributed by atoms with Crippen LogP contribution in [0.1, 0.15) is 5.56 Å². The van der Waals surface area contributed by atoms with E-state index in [9.17, 15) is 12.8 Å². The van der Waals surface area contributed by atoms with E-state index in [0.29, 0.717) is 38.9 Å². The van der Waals surface area contributed by atoms with Gasteiger partial charge in [-0.3, -0.25) is 20.1 Å². The van der Waals surface area contributed by atoms with Crippen LogP contribution in [0.2, 0.25) is 0 Å². The molecule has 0 amide bonds. The van der Waals surface area contributed by atoms with Gasteiger partial charge in [0.05, 0.1) is 46.5 Å². The van der Waals surface area contributed by atoms with Crippen molar-refractivity contribution in [3.63, 3.8) is 0 Å². The molecule has 0 spiro atoms. The van der Waals surface area contributed by atoms with Gasteiger partial charge < -0.3 is 9.88 Å². The number of pyridine rings is 3. The number of imidazole rings is 1. The van der Waals surface area contributed by atoms with Crippen molar-refractivity contribution in [3.05, 3.63) is 72.3 Å². The first-order chi connectivity index (χ1) is 19.6. The molecule has 5 aromatic heterocycles. The molecule has 3 N–H and O–H groups in total. The molecule has 5 heterocycles. The fourth-order valence-corrected chi connectivity index (χ4v) is 4.94. The average Bonchev–Trinajstić information content (AvgIpc) is 3.56. The summed E-state index contributed by atoms with van der Waals surface area (Å²) in [5.74, 6) is -0.876. The standard InChI is InChI=1S/C27H23F2N9O2S/c1-38(2)18-9-16(11-30-12-18)23-22(29)21-20(13-32-23)36-37-26(21)27-34-19-4-5-31-24(25(19)35-27)15-6-14(7-17(28)8-15)10-33-41(3,39)40/h4-9,11-13,33H,10H2,1-3H3,(H,34,35)(H,36,37). The van der Waals surface area contributed by atoms with Crippen molar-refractivity contribution in [1.82, 2.24) is 39.8 Å². The Bertz CT molecular complexity index is 2060. The quantitative estimate of drug-likeness (QED) is 0.259. The number of nitrogens with one attached hydrogen (secondary N) is 3. The summed E-state index contributed by atoms with van der Waals surface area (Å²) in [5.41, 5.74) is 4.17. The molecule has 41 heavy (non-hydrogen) atoms. The van der Waals surface area contributed by atoms with Gasteiger partial charge in [-0.1, -0.05) is 0 Å². The van der Waals surface area contributed by atoms with Gasteiger partial charge in [0.1, 0.15) is 22.7 Å². The number of benzene rings is 1. The van der Waals surface area contributed by atoms with Gasteiger partial charge in [0.25, 0.3) is 0 Å². The van der Waals surface area contributed by atoms with E-state index in [2.05, 4.69) is 39.8 Å². The van der Waals surface area contributed by atoms with Crippen molar-refractivity contribution in [3.8, 4) is 34.0 Å². The molecule has 6 aromatic rings. The summed E-state index contributed by atoms with van der Waals surface area (Å²) in [6, 6.07) is 7.65. The lowest BCUT2D eigenvalue weighted by atomic mass is 10.1. The van der Waals surface area contributed by atoms with E-state index in [0.717, 1.165) is 11.9 Å². The van der Waals surface area contributed by atoms with Gasteiger partial charge in [-0.25, -0.2) is 26.9 Å². The normalized spacial score (nSPS) is 11.9. The third kappa shape index (κ3) is 5.10. The molecule has 208 valence electrons. The fourth-order valence-electron chi connectivity index (χ4n) is 4.51. The minimum atomic E-state index is -3.47. The lowest BCUT2D eigenvalue weighted by Crippen LogP contribution is -2.21. The molecule has 0 saturated carbocycles. The maximum absolute atomic E-state index is 16.0. The van der Waals surface area contributed by atoms with E-state index < -0.39 is 21.7 Å². The molecule has 11 nitrogen and oxygen atoms in total. The van der Waals surface area contributed by atoms with Crippen LogP contribution in [0.5, 0.6) is 0 Å². The van der Waals surface area contributed by atoms with Gasteiger partial charge in [-0.05, 0) is 35.9 Å². The highest BCUT2D eigenvalue weighted by Crippen LogP contribution is 2.34. The van der Waals surface area contributed by atoms with Crippen LogP contribution in [0, 0.1) is 11.6 Å². The van der Waals surface area contributed by atoms with Crippen LogP contribution in [0.3, 0.4) is 0 Å². The predicted molar refractivity (Wildman–Crippen MR) is 151 cm³/mol. The van der Waals surface area contributed by atoms with Gasteiger partial charge in [0.2, 0.25) is 10.0 Å². The molecule has 0 radical (unpaired) electrons. The third-order valence-corrected chi connectivity index (χ3v) is 7.12. The number of aromatic nitrogens is 7. The van der Waals surface area contributed by atoms with Crippen LogP contribution in [-0.4, -0.2) is 63.9 Å². The maximum Gasteiger partial charge on any atom is 0.209 e. The maximum atomic E-state index is 16.0. The van der Waals surface area contributed by atoms with Crippen LogP contribution < -0.4 is 9.62 Å². The van der Waals surface area contributed by atoms with Crippen LogP contribution in [0.4, 0.5) is 14.5 Å². The number of hydrogen-bond acceptors (Lipinski definition) is 8. The first kappa shape index (κ1) is 26.4. The zero-order chi connectivity index (χ0) is 28.9. The van der Waals surface area contributed by atoms with Crippen molar-refractivity contribution in [2.45, 2.75) is 6.54 Å². The van der Waals surface area contributed by atoms with E-state index in [-0.39, 0.29) is 29.1 Å². The fraction of sp³-hybridized carbons (Fsp3) is 0.148. The molecular formula is C27H23F2N9O2S. The smallest absolute Gasteiger partial charge is 0.209 e. The molecule has 0 fully saturated rings. The van der Waals surface area contributed by atoms with Crippen LogP contribution >= 0.6 is 0 Å². The highest BCUT2D eigenvalue weighted by Gasteiger charge is 2.22. The molecular weight excluding hydrogens is 552 g/mol. The van der Waals surface area contributed by atoms with Gasteiger partial charge in [-0.15, -0.1) is 0 Å². The van der Waals surface area contributed by atoms with E-state index in [1.165, 1.54) is 24.5 Å². The lowest BCUT2D eigenvalue weighted by molar-refractivity contribution is 0.586. The van der Waals surface area contributed by atoms with Crippen LogP contribution in [0.15, 0.2) is 55.1 Å². The molecule has 1 aromatic carbocycles. The second-order valence-corrected chi connectivity index (χ2v) is 11.5. The highest BCUT2D eigenvalue weighted by molar-refractivity contribution is 7.88. The summed E-state index contributed by atoms with van der Waals surface area (Å²) in [6.45, 7) is -0.0900. The number of hydrogen-bond donors (Lipinski definition) is 3. The minimum Gasteiger partial charge on any atom is -0.376 e. The molecule has 6 rings (SSSR count). The summed E-state index contributed by atoms with van der Waals surface area (Å²) >= 11 is 0. The Morgan fingerprint density at radius 3 is 2.56 bits per heavy atom. The van der Waals surface area contributed by atoms with Crippen molar-refractivity contribution in [1.29, 1.82) is 0 Å². The van der Waals surface area contributed by atoms with Crippen molar-refractivity contribution in [2.24, 2.45) is 0 Å². The second kappa shape index (κ2) is 9.98. The topological polar surface area (TPSA) is 145 Å². The Balaban J connectivity index is 1.45. The van der Waals surface area contributed by atoms with Crippen LogP contribution in [0.25, 0.3) is 56.0 Å². The Labute approximate surface area is 232 Å². The zero-order valence-electron chi connectivity index (χ0n) is 22.1. The highest BCUT2D eigenvalue weighted by atomic mass is 32.2. The Hall–Kier alpha value is -4.82. The van der Waals surface area contributed by atoms with E-state index >= 15 is 4.39 Å². The molecule has 0 unspecified atom stereocenters. The zero-order valence-corrected chi connectivity index (χ0v) is 22.9. The van der Waals surface area contributed by atoms with Gasteiger partial charge >= 0.3 is 0 Å². The number of anilines is 1. The monoisotopic (exact) mass is 575 g/mol. The number of nitrogens with zero attached hydrogens (tertiary/aromatic N) is 6. The number of fused-ring (bicyclic) bond motifs is 2. The number of sulfonamides is 1. The first-order valence-electron chi connectivity index (χ1n) is 12.3. The Morgan fingerprint density at radius 2 is 1.78 bits per heavy atom. The van der Waals surface area contributed by atoms with Gasteiger partial charge in [-0.2, -0.15) is 5.10 Å². The van der Waals surface area contributed by atoms with Gasteiger partial charge in [0.15, 0.2) is 11.6 Å². The molecule has 0 atom stereocenters. The number of halogens is 2. The van der Waals surface area contributed by atoms with Crippen molar-refractivity contribution >= 4 is 37.6 Å². The van der Waals surface area contributed by atoms with Crippen molar-refractivity contribution in [2.75, 3.05) is 25.3 Å². The molecule has 0 bridgehead atoms. The Morgan fingerprint density at radius 1 is 0.951 bits per heavy atom. The molecule has 0 saturated heterocycles. The largest absolute Gasteiger partial charge is 0.376 e. The summed E-state index contributed by atoms with van der Waals surface area (Å²) in [5, 5.41) is 7.32. The second-order valence-electron chi connectivity index (χ2n) is 9.69. The number of aromatic amines is 2. The lowest BCUT2D eigenvalue weighted by Gasteiger charge is -2.13. The summed E-state index contributed by atoms with van der Waals surface area (Å²) in [6.07, 6.45) is 7.28. The first-order valence-corrected chi connectivity index (χ1v) is 14.2. The molecule has 0 aliphatic carbocycles. The summed E-state index contributed by atoms with van der Waals surface area (Å²) in [7, 11) is 0.256. The van der Waals surface area contributed by atoms with Crippen LogP contribution in [-0.2, 0) is 16.6 Å². The van der Waals surface area contributed by atoms with E-state index in [1.54, 1.807) is 30.6 Å². The molecule has 0 aliphatic rings. The molecule has 0 aliphatic heterocycles. The molecule has 14 heteroatoms. The number of rotatable bonds is 7. The summed E-state index contributed by atoms with van der Waals surface area (Å²) in [4.78, 5) is 22.6. The average molecular weight is 576 g/mol. The van der Waals surface area contributed by atoms with Crippen molar-refractivity contribution < 1.29 is 17.2 Å². The summed E-state index contributed by atoms with van der Waals surface area (Å²) < 4.78 is 55.9. The predicted octanol–water partition coefficient (Wildman–Crippen LogP) is 4.02. The van der Waals surface area contributed by atoms with Gasteiger partial charge in [0, 0.05) is 44.2 Å². The third-order valence-electron chi connectivity index (χ3n) is 6.45. The minimum absolute atomic E-state index is 0.0900. The SMILES string of the molecule is CN(C)c1cncc(-c2ncc3[nH]nc(-c4nc5c(-c6cc(F)cc(CNS(C)(=O)=O)c6)nccc5[nH]4)c3c2F)c1. The Kier molecular flexibility index (Phi) is 6.43. The van der Waals surface area contributed by atoms with E-state index in [4.69, 9.17) is 0 Å². The number of H-pyrrole nitrogens is 2. The van der Waals surface area contributed by atoms with E-state index in [1.807, 2.05) is 19.0 Å².